The van der Waals surface area contributed by atoms with E-state index in [1.54, 1.807) is 0 Å². The second-order valence-corrected chi connectivity index (χ2v) is 14.9. The summed E-state index contributed by atoms with van der Waals surface area (Å²) in [6, 6.07) is 73.3. The van der Waals surface area contributed by atoms with Gasteiger partial charge in [0.05, 0.1) is 5.69 Å². The van der Waals surface area contributed by atoms with Gasteiger partial charge in [0, 0.05) is 22.2 Å². The lowest BCUT2D eigenvalue weighted by molar-refractivity contribution is 0.661. The topological polar surface area (TPSA) is 3.24 Å². The molecule has 0 unspecified atom stereocenters. The van der Waals surface area contributed by atoms with Crippen LogP contribution >= 0.6 is 0 Å². The van der Waals surface area contributed by atoms with Crippen molar-refractivity contribution in [1.29, 1.82) is 0 Å². The molecule has 0 amide bonds. The SMILES string of the molecule is CC1(C)c2ccccc2-c2c1cc1ccccc1c2-c1ccc(N(c2ccc(-c3ccccc3)cc2)c2ccc(-c3ccccc3)cc2)c2ccccc12. The third kappa shape index (κ3) is 5.16. The maximum absolute atomic E-state index is 2.44. The predicted octanol–water partition coefficient (Wildman–Crippen LogP) is 14.8. The Hall–Kier alpha value is -6.70. The van der Waals surface area contributed by atoms with Crippen LogP contribution in [0.4, 0.5) is 17.1 Å². The molecule has 1 aliphatic carbocycles. The standard InChI is InChI=1S/C53H39N/c1-53(2)48-24-14-13-23-47(48)52-49(53)35-40-19-9-10-20-43(40)51(52)46-33-34-50(45-22-12-11-21-44(45)46)54(41-29-25-38(26-30-41)36-15-5-3-6-16-36)42-31-27-39(28-32-42)37-17-7-4-8-18-37/h3-35H,1-2H3. The van der Waals surface area contributed by atoms with Gasteiger partial charge in [-0.3, -0.25) is 0 Å². The Morgan fingerprint density at radius 3 is 1.48 bits per heavy atom. The number of rotatable bonds is 6. The molecule has 54 heavy (non-hydrogen) atoms. The van der Waals surface area contributed by atoms with E-state index in [0.29, 0.717) is 0 Å². The summed E-state index contributed by atoms with van der Waals surface area (Å²) in [4.78, 5) is 2.42. The van der Waals surface area contributed by atoms with Gasteiger partial charge in [0.1, 0.15) is 0 Å². The van der Waals surface area contributed by atoms with E-state index < -0.39 is 0 Å². The summed E-state index contributed by atoms with van der Waals surface area (Å²) in [5, 5.41) is 5.01. The summed E-state index contributed by atoms with van der Waals surface area (Å²) in [6.07, 6.45) is 0. The largest absolute Gasteiger partial charge is 0.310 e. The van der Waals surface area contributed by atoms with Crippen LogP contribution in [0.15, 0.2) is 200 Å². The van der Waals surface area contributed by atoms with Gasteiger partial charge in [-0.15, -0.1) is 0 Å². The van der Waals surface area contributed by atoms with Crippen LogP contribution in [0.1, 0.15) is 25.0 Å². The van der Waals surface area contributed by atoms with Gasteiger partial charge in [0.15, 0.2) is 0 Å². The Labute approximate surface area is 317 Å². The first kappa shape index (κ1) is 32.0. The van der Waals surface area contributed by atoms with Gasteiger partial charge in [-0.2, -0.15) is 0 Å². The van der Waals surface area contributed by atoms with Crippen molar-refractivity contribution in [2.24, 2.45) is 0 Å². The molecule has 0 spiro atoms. The fraction of sp³-hybridized carbons (Fsp3) is 0.0566. The molecule has 0 saturated heterocycles. The minimum atomic E-state index is -0.102. The van der Waals surface area contributed by atoms with E-state index in [-0.39, 0.29) is 5.41 Å². The van der Waals surface area contributed by atoms with E-state index in [2.05, 4.69) is 219 Å². The molecule has 0 radical (unpaired) electrons. The molecular weight excluding hydrogens is 651 g/mol. The van der Waals surface area contributed by atoms with Crippen molar-refractivity contribution in [3.8, 4) is 44.5 Å². The molecule has 10 rings (SSSR count). The van der Waals surface area contributed by atoms with E-state index in [0.717, 1.165) is 17.1 Å². The summed E-state index contributed by atoms with van der Waals surface area (Å²) in [6.45, 7) is 4.75. The molecule has 0 aromatic heterocycles. The Balaban J connectivity index is 1.20. The highest BCUT2D eigenvalue weighted by Crippen LogP contribution is 2.55. The van der Waals surface area contributed by atoms with Crippen molar-refractivity contribution >= 4 is 38.6 Å². The molecule has 256 valence electrons. The molecule has 1 aliphatic rings. The zero-order valence-corrected chi connectivity index (χ0v) is 30.5. The first-order valence-electron chi connectivity index (χ1n) is 18.9. The average molecular weight is 690 g/mol. The summed E-state index contributed by atoms with van der Waals surface area (Å²) in [5.41, 5.74) is 16.1. The van der Waals surface area contributed by atoms with Gasteiger partial charge in [-0.05, 0) is 108 Å². The van der Waals surface area contributed by atoms with Crippen molar-refractivity contribution < 1.29 is 0 Å². The van der Waals surface area contributed by atoms with Gasteiger partial charge >= 0.3 is 0 Å². The minimum absolute atomic E-state index is 0.102. The Bertz CT molecular complexity index is 2730. The summed E-state index contributed by atoms with van der Waals surface area (Å²) >= 11 is 0. The normalized spacial score (nSPS) is 12.8. The number of benzene rings is 9. The van der Waals surface area contributed by atoms with Crippen LogP contribution in [0.3, 0.4) is 0 Å². The number of fused-ring (bicyclic) bond motifs is 5. The van der Waals surface area contributed by atoms with Gasteiger partial charge in [0.2, 0.25) is 0 Å². The molecule has 0 atom stereocenters. The van der Waals surface area contributed by atoms with E-state index in [9.17, 15) is 0 Å². The maximum Gasteiger partial charge on any atom is 0.0540 e. The molecule has 9 aromatic rings. The van der Waals surface area contributed by atoms with Crippen molar-refractivity contribution in [2.45, 2.75) is 19.3 Å². The molecule has 0 saturated carbocycles. The molecule has 0 bridgehead atoms. The lowest BCUT2D eigenvalue weighted by Crippen LogP contribution is -2.15. The van der Waals surface area contributed by atoms with E-state index in [1.165, 1.54) is 77.2 Å². The van der Waals surface area contributed by atoms with Crippen LogP contribution in [-0.2, 0) is 5.41 Å². The molecule has 0 aliphatic heterocycles. The predicted molar refractivity (Wildman–Crippen MR) is 230 cm³/mol. The van der Waals surface area contributed by atoms with Crippen molar-refractivity contribution in [2.75, 3.05) is 4.90 Å². The highest BCUT2D eigenvalue weighted by Gasteiger charge is 2.38. The highest BCUT2D eigenvalue weighted by molar-refractivity contribution is 6.15. The molecule has 1 nitrogen and oxygen atoms in total. The van der Waals surface area contributed by atoms with Crippen molar-refractivity contribution in [1.82, 2.24) is 0 Å². The Morgan fingerprint density at radius 1 is 0.352 bits per heavy atom. The third-order valence-electron chi connectivity index (χ3n) is 11.5. The first-order chi connectivity index (χ1) is 26.6. The molecule has 9 aromatic carbocycles. The van der Waals surface area contributed by atoms with Crippen LogP contribution in [0.5, 0.6) is 0 Å². The molecule has 0 N–H and O–H groups in total. The van der Waals surface area contributed by atoms with E-state index in [4.69, 9.17) is 0 Å². The van der Waals surface area contributed by atoms with Crippen LogP contribution in [-0.4, -0.2) is 0 Å². The van der Waals surface area contributed by atoms with Crippen molar-refractivity contribution in [3.05, 3.63) is 211 Å². The molecule has 0 fully saturated rings. The summed E-state index contributed by atoms with van der Waals surface area (Å²) < 4.78 is 0. The molecular formula is C53H39N. The fourth-order valence-electron chi connectivity index (χ4n) is 8.78. The Morgan fingerprint density at radius 2 is 0.852 bits per heavy atom. The lowest BCUT2D eigenvalue weighted by Gasteiger charge is -2.28. The minimum Gasteiger partial charge on any atom is -0.310 e. The summed E-state index contributed by atoms with van der Waals surface area (Å²) in [7, 11) is 0. The second-order valence-electron chi connectivity index (χ2n) is 14.9. The third-order valence-corrected chi connectivity index (χ3v) is 11.5. The number of nitrogens with zero attached hydrogens (tertiary/aromatic N) is 1. The number of hydrogen-bond acceptors (Lipinski definition) is 1. The van der Waals surface area contributed by atoms with Crippen LogP contribution < -0.4 is 4.90 Å². The second kappa shape index (κ2) is 12.8. The summed E-state index contributed by atoms with van der Waals surface area (Å²) in [5.74, 6) is 0. The quantitative estimate of drug-likeness (QED) is 0.168. The zero-order valence-electron chi connectivity index (χ0n) is 30.5. The van der Waals surface area contributed by atoms with Crippen LogP contribution in [0.25, 0.3) is 66.1 Å². The van der Waals surface area contributed by atoms with Gasteiger partial charge in [-0.1, -0.05) is 178 Å². The maximum atomic E-state index is 2.44. The van der Waals surface area contributed by atoms with Crippen LogP contribution in [0, 0.1) is 0 Å². The molecule has 0 heterocycles. The number of anilines is 3. The monoisotopic (exact) mass is 689 g/mol. The van der Waals surface area contributed by atoms with Gasteiger partial charge < -0.3 is 4.90 Å². The van der Waals surface area contributed by atoms with Gasteiger partial charge in [-0.25, -0.2) is 0 Å². The first-order valence-corrected chi connectivity index (χ1v) is 18.9. The number of hydrogen-bond donors (Lipinski definition) is 0. The zero-order chi connectivity index (χ0) is 36.2. The van der Waals surface area contributed by atoms with Crippen molar-refractivity contribution in [3.63, 3.8) is 0 Å². The van der Waals surface area contributed by atoms with Gasteiger partial charge in [0.25, 0.3) is 0 Å². The fourth-order valence-corrected chi connectivity index (χ4v) is 8.78. The molecule has 1 heteroatoms. The van der Waals surface area contributed by atoms with E-state index >= 15 is 0 Å². The highest BCUT2D eigenvalue weighted by atomic mass is 15.1. The average Bonchev–Trinajstić information content (AvgIpc) is 3.46. The smallest absolute Gasteiger partial charge is 0.0540 e. The Kier molecular flexibility index (Phi) is 7.56. The van der Waals surface area contributed by atoms with E-state index in [1.807, 2.05) is 0 Å². The van der Waals surface area contributed by atoms with Crippen LogP contribution in [0.2, 0.25) is 0 Å². The lowest BCUT2D eigenvalue weighted by atomic mass is 9.80.